The summed E-state index contributed by atoms with van der Waals surface area (Å²) in [4.78, 5) is 17.5. The predicted octanol–water partition coefficient (Wildman–Crippen LogP) is 2.23. The highest BCUT2D eigenvalue weighted by Crippen LogP contribution is 2.21. The summed E-state index contributed by atoms with van der Waals surface area (Å²) < 4.78 is 0. The highest BCUT2D eigenvalue weighted by molar-refractivity contribution is 14.0. The van der Waals surface area contributed by atoms with Crippen molar-refractivity contribution in [2.24, 2.45) is 4.99 Å². The Morgan fingerprint density at radius 2 is 1.78 bits per heavy atom. The van der Waals surface area contributed by atoms with E-state index < -0.39 is 0 Å². The molecular weight excluding hydrogens is 403 g/mol. The van der Waals surface area contributed by atoms with Crippen LogP contribution < -0.4 is 10.6 Å². The van der Waals surface area contributed by atoms with Crippen molar-refractivity contribution in [2.45, 2.75) is 26.2 Å². The number of carbonyl (C=O) groups excluding carboxylic acids is 1. The maximum atomic E-state index is 11.6. The largest absolute Gasteiger partial charge is 0.357 e. The monoisotopic (exact) mass is 432 g/mol. The topological polar surface area (TPSA) is 56.7 Å². The van der Waals surface area contributed by atoms with Gasteiger partial charge in [-0.05, 0) is 12.5 Å². The summed E-state index contributed by atoms with van der Waals surface area (Å²) in [5, 5.41) is 6.49. The summed E-state index contributed by atoms with van der Waals surface area (Å²) in [5.41, 5.74) is 1.24. The first-order chi connectivity index (χ1) is 10.4. The van der Waals surface area contributed by atoms with Crippen molar-refractivity contribution in [1.29, 1.82) is 0 Å². The van der Waals surface area contributed by atoms with Crippen LogP contribution in [0.3, 0.4) is 0 Å². The summed E-state index contributed by atoms with van der Waals surface area (Å²) in [6.07, 6.45) is 0. The molecular formula is C17H29IN4O. The number of aliphatic imine (C=N–C) groups is 1. The lowest BCUT2D eigenvalue weighted by Gasteiger charge is -2.26. The van der Waals surface area contributed by atoms with Crippen LogP contribution in [0.2, 0.25) is 0 Å². The molecule has 130 valence electrons. The van der Waals surface area contributed by atoms with Gasteiger partial charge in [0, 0.05) is 32.6 Å². The summed E-state index contributed by atoms with van der Waals surface area (Å²) in [7, 11) is 3.47. The average molecular weight is 432 g/mol. The van der Waals surface area contributed by atoms with Gasteiger partial charge in [0.15, 0.2) is 5.96 Å². The van der Waals surface area contributed by atoms with Gasteiger partial charge in [-0.3, -0.25) is 4.79 Å². The van der Waals surface area contributed by atoms with Gasteiger partial charge >= 0.3 is 0 Å². The van der Waals surface area contributed by atoms with Gasteiger partial charge in [0.05, 0.1) is 0 Å². The van der Waals surface area contributed by atoms with Crippen LogP contribution in [0.25, 0.3) is 0 Å². The summed E-state index contributed by atoms with van der Waals surface area (Å²) in [6, 6.07) is 10.4. The second kappa shape index (κ2) is 10.5. The third-order valence-corrected chi connectivity index (χ3v) is 3.47. The van der Waals surface area contributed by atoms with E-state index in [1.807, 2.05) is 25.1 Å². The van der Waals surface area contributed by atoms with E-state index in [2.05, 4.69) is 41.6 Å². The second-order valence-corrected chi connectivity index (χ2v) is 6.09. The van der Waals surface area contributed by atoms with Gasteiger partial charge in [0.2, 0.25) is 5.91 Å². The Bertz CT molecular complexity index is 501. The fourth-order valence-corrected chi connectivity index (χ4v) is 1.93. The second-order valence-electron chi connectivity index (χ2n) is 6.09. The number of rotatable bonds is 6. The lowest BCUT2D eigenvalue weighted by atomic mass is 9.85. The third kappa shape index (κ3) is 7.67. The molecule has 2 N–H and O–H groups in total. The minimum Gasteiger partial charge on any atom is -0.357 e. The zero-order valence-corrected chi connectivity index (χ0v) is 17.0. The average Bonchev–Trinajstić information content (AvgIpc) is 2.50. The standard InChI is InChI=1S/C17H28N4O.HI/c1-6-18-16(19-12-15(22)21(4)5)20-13-17(2,3)14-10-8-7-9-11-14;/h7-11H,6,12-13H2,1-5H3,(H2,18,19,20);1H. The van der Waals surface area contributed by atoms with Crippen LogP contribution in [-0.2, 0) is 10.2 Å². The van der Waals surface area contributed by atoms with Gasteiger partial charge in [-0.15, -0.1) is 24.0 Å². The lowest BCUT2D eigenvalue weighted by Crippen LogP contribution is -2.44. The Kier molecular flexibility index (Phi) is 9.87. The molecule has 1 rings (SSSR count). The Morgan fingerprint density at radius 3 is 2.30 bits per heavy atom. The molecule has 0 aliphatic carbocycles. The van der Waals surface area contributed by atoms with Crippen LogP contribution in [0, 0.1) is 0 Å². The zero-order valence-electron chi connectivity index (χ0n) is 14.7. The minimum absolute atomic E-state index is 0. The molecule has 0 fully saturated rings. The van der Waals surface area contributed by atoms with Gasteiger partial charge < -0.3 is 15.5 Å². The van der Waals surface area contributed by atoms with Crippen molar-refractivity contribution in [1.82, 2.24) is 15.5 Å². The van der Waals surface area contributed by atoms with E-state index in [1.165, 1.54) is 5.56 Å². The van der Waals surface area contributed by atoms with Crippen molar-refractivity contribution < 1.29 is 4.79 Å². The first-order valence-corrected chi connectivity index (χ1v) is 7.64. The smallest absolute Gasteiger partial charge is 0.243 e. The number of amides is 1. The highest BCUT2D eigenvalue weighted by Gasteiger charge is 2.20. The Hall–Kier alpha value is -1.31. The predicted molar refractivity (Wildman–Crippen MR) is 108 cm³/mol. The van der Waals surface area contributed by atoms with E-state index in [9.17, 15) is 4.79 Å². The molecule has 0 spiro atoms. The SMILES string of the molecule is CCNC(=NCC(=O)N(C)C)NCC(C)(C)c1ccccc1.I. The van der Waals surface area contributed by atoms with Crippen molar-refractivity contribution >= 4 is 35.8 Å². The maximum absolute atomic E-state index is 11.6. The molecule has 5 nitrogen and oxygen atoms in total. The van der Waals surface area contributed by atoms with Gasteiger partial charge in [-0.25, -0.2) is 4.99 Å². The summed E-state index contributed by atoms with van der Waals surface area (Å²) in [6.45, 7) is 8.02. The number of guanidine groups is 1. The highest BCUT2D eigenvalue weighted by atomic mass is 127. The molecule has 0 aromatic heterocycles. The molecule has 1 aromatic rings. The first kappa shape index (κ1) is 21.7. The number of halogens is 1. The lowest BCUT2D eigenvalue weighted by molar-refractivity contribution is -0.127. The number of carbonyl (C=O) groups is 1. The fourth-order valence-electron chi connectivity index (χ4n) is 1.93. The van der Waals surface area contributed by atoms with Gasteiger partial charge in [0.25, 0.3) is 0 Å². The normalized spacial score (nSPS) is 11.4. The van der Waals surface area contributed by atoms with E-state index in [-0.39, 0.29) is 41.8 Å². The maximum Gasteiger partial charge on any atom is 0.243 e. The van der Waals surface area contributed by atoms with Crippen molar-refractivity contribution in [2.75, 3.05) is 33.7 Å². The Balaban J connectivity index is 0.00000484. The molecule has 0 saturated carbocycles. The van der Waals surface area contributed by atoms with Crippen LogP contribution in [0.5, 0.6) is 0 Å². The molecule has 0 unspecified atom stereocenters. The molecule has 0 aliphatic rings. The van der Waals surface area contributed by atoms with Crippen LogP contribution in [0.1, 0.15) is 26.3 Å². The van der Waals surface area contributed by atoms with Crippen LogP contribution >= 0.6 is 24.0 Å². The molecule has 0 radical (unpaired) electrons. The van der Waals surface area contributed by atoms with Gasteiger partial charge in [-0.1, -0.05) is 44.2 Å². The molecule has 0 saturated heterocycles. The number of hydrogen-bond acceptors (Lipinski definition) is 2. The number of nitrogens with one attached hydrogen (secondary N) is 2. The van der Waals surface area contributed by atoms with Crippen LogP contribution in [0.4, 0.5) is 0 Å². The van der Waals surface area contributed by atoms with E-state index in [1.54, 1.807) is 19.0 Å². The quantitative estimate of drug-likeness (QED) is 0.412. The van der Waals surface area contributed by atoms with Crippen LogP contribution in [-0.4, -0.2) is 50.5 Å². The van der Waals surface area contributed by atoms with Gasteiger partial charge in [-0.2, -0.15) is 0 Å². The van der Waals surface area contributed by atoms with Crippen molar-refractivity contribution in [3.8, 4) is 0 Å². The molecule has 0 aliphatic heterocycles. The van der Waals surface area contributed by atoms with Crippen molar-refractivity contribution in [3.63, 3.8) is 0 Å². The number of likely N-dealkylation sites (N-methyl/N-ethyl adjacent to an activating group) is 1. The molecule has 1 amide bonds. The van der Waals surface area contributed by atoms with E-state index in [0.29, 0.717) is 5.96 Å². The molecule has 0 atom stereocenters. The Labute approximate surface area is 157 Å². The van der Waals surface area contributed by atoms with Crippen molar-refractivity contribution in [3.05, 3.63) is 35.9 Å². The van der Waals surface area contributed by atoms with Crippen LogP contribution in [0.15, 0.2) is 35.3 Å². The minimum atomic E-state index is -0.0248. The first-order valence-electron chi connectivity index (χ1n) is 7.64. The number of nitrogens with zero attached hydrogens (tertiary/aromatic N) is 2. The molecule has 1 aromatic carbocycles. The summed E-state index contributed by atoms with van der Waals surface area (Å²) >= 11 is 0. The molecule has 23 heavy (non-hydrogen) atoms. The number of hydrogen-bond donors (Lipinski definition) is 2. The van der Waals surface area contributed by atoms with Gasteiger partial charge in [0.1, 0.15) is 6.54 Å². The third-order valence-electron chi connectivity index (χ3n) is 3.47. The Morgan fingerprint density at radius 1 is 1.17 bits per heavy atom. The molecule has 0 bridgehead atoms. The molecule has 6 heteroatoms. The fraction of sp³-hybridized carbons (Fsp3) is 0.529. The summed E-state index contributed by atoms with van der Waals surface area (Å²) in [5.74, 6) is 0.654. The molecule has 0 heterocycles. The van der Waals surface area contributed by atoms with E-state index in [4.69, 9.17) is 0 Å². The zero-order chi connectivity index (χ0) is 16.6. The van der Waals surface area contributed by atoms with E-state index >= 15 is 0 Å². The van der Waals surface area contributed by atoms with E-state index in [0.717, 1.165) is 13.1 Å². The number of benzene rings is 1.